The van der Waals surface area contributed by atoms with Crippen LogP contribution >= 0.6 is 11.3 Å². The van der Waals surface area contributed by atoms with Gasteiger partial charge >= 0.3 is 5.97 Å². The van der Waals surface area contributed by atoms with E-state index in [9.17, 15) is 14.7 Å². The van der Waals surface area contributed by atoms with E-state index in [1.807, 2.05) is 38.1 Å². The van der Waals surface area contributed by atoms with E-state index in [0.717, 1.165) is 0 Å². The molecule has 8 heteroatoms. The van der Waals surface area contributed by atoms with Crippen LogP contribution in [0.4, 0.5) is 0 Å². The molecule has 0 bridgehead atoms. The maximum absolute atomic E-state index is 13.6. The van der Waals surface area contributed by atoms with Crippen LogP contribution in [0.3, 0.4) is 0 Å². The number of allylic oxidation sites excluding steroid dienone is 1. The minimum atomic E-state index is -0.755. The number of carbonyl (C=O) groups is 1. The Morgan fingerprint density at radius 3 is 2.67 bits per heavy atom. The van der Waals surface area contributed by atoms with E-state index >= 15 is 0 Å². The van der Waals surface area contributed by atoms with Gasteiger partial charge in [-0.05, 0) is 50.6 Å². The second-order valence-corrected chi connectivity index (χ2v) is 8.88. The molecule has 0 amide bonds. The van der Waals surface area contributed by atoms with Gasteiger partial charge in [-0.3, -0.25) is 9.36 Å². The molecule has 0 fully saturated rings. The fraction of sp³-hybridized carbons (Fsp3) is 0.240. The molecule has 1 atom stereocenters. The summed E-state index contributed by atoms with van der Waals surface area (Å²) >= 11 is 1.23. The fourth-order valence-corrected chi connectivity index (χ4v) is 4.87. The summed E-state index contributed by atoms with van der Waals surface area (Å²) in [5.74, 6) is 0.136. The van der Waals surface area contributed by atoms with E-state index in [1.54, 1.807) is 37.3 Å². The molecule has 33 heavy (non-hydrogen) atoms. The largest absolute Gasteiger partial charge is 0.508 e. The van der Waals surface area contributed by atoms with Crippen molar-refractivity contribution >= 4 is 23.4 Å². The summed E-state index contributed by atoms with van der Waals surface area (Å²) < 4.78 is 13.0. The van der Waals surface area contributed by atoms with E-state index in [0.29, 0.717) is 31.9 Å². The van der Waals surface area contributed by atoms with Crippen LogP contribution in [0.15, 0.2) is 69.6 Å². The Kier molecular flexibility index (Phi) is 6.20. The molecule has 0 saturated heterocycles. The van der Waals surface area contributed by atoms with Crippen molar-refractivity contribution < 1.29 is 19.4 Å². The highest BCUT2D eigenvalue weighted by atomic mass is 32.1. The number of fused-ring (bicyclic) bond motifs is 1. The monoisotopic (exact) mass is 464 g/mol. The summed E-state index contributed by atoms with van der Waals surface area (Å²) in [5.41, 5.74) is 1.83. The number of benzene rings is 2. The molecular weight excluding hydrogens is 440 g/mol. The lowest BCUT2D eigenvalue weighted by atomic mass is 9.95. The number of methoxy groups -OCH3 is 1. The molecule has 2 heterocycles. The van der Waals surface area contributed by atoms with E-state index in [-0.39, 0.29) is 23.0 Å². The number of phenols is 1. The smallest absolute Gasteiger partial charge is 0.338 e. The molecule has 1 unspecified atom stereocenters. The van der Waals surface area contributed by atoms with E-state index in [1.165, 1.54) is 23.0 Å². The molecule has 1 N–H and O–H groups in total. The van der Waals surface area contributed by atoms with Gasteiger partial charge in [-0.2, -0.15) is 0 Å². The highest BCUT2D eigenvalue weighted by molar-refractivity contribution is 7.07. The maximum Gasteiger partial charge on any atom is 0.338 e. The third-order valence-corrected chi connectivity index (χ3v) is 6.15. The van der Waals surface area contributed by atoms with Gasteiger partial charge in [0.15, 0.2) is 4.80 Å². The van der Waals surface area contributed by atoms with Gasteiger partial charge in [0.05, 0.1) is 29.0 Å². The number of nitrogens with zero attached hydrogens (tertiary/aromatic N) is 2. The summed E-state index contributed by atoms with van der Waals surface area (Å²) in [7, 11) is 1.31. The predicted octanol–water partition coefficient (Wildman–Crippen LogP) is 2.90. The lowest BCUT2D eigenvalue weighted by Crippen LogP contribution is -2.40. The van der Waals surface area contributed by atoms with Gasteiger partial charge in [-0.1, -0.05) is 41.7 Å². The number of esters is 1. The Hall–Kier alpha value is -3.65. The molecule has 3 aromatic rings. The molecule has 0 saturated carbocycles. The number of carbonyl (C=O) groups excluding carboxylic acids is 1. The van der Waals surface area contributed by atoms with Crippen LogP contribution in [-0.2, 0) is 9.53 Å². The van der Waals surface area contributed by atoms with Crippen molar-refractivity contribution in [1.29, 1.82) is 0 Å². The molecule has 0 radical (unpaired) electrons. The van der Waals surface area contributed by atoms with Crippen molar-refractivity contribution in [2.45, 2.75) is 32.9 Å². The van der Waals surface area contributed by atoms with Gasteiger partial charge in [-0.15, -0.1) is 0 Å². The highest BCUT2D eigenvalue weighted by Crippen LogP contribution is 2.36. The van der Waals surface area contributed by atoms with Crippen molar-refractivity contribution in [2.75, 3.05) is 7.11 Å². The predicted molar refractivity (Wildman–Crippen MR) is 126 cm³/mol. The molecule has 1 aliphatic rings. The molecule has 0 aliphatic carbocycles. The zero-order valence-electron chi connectivity index (χ0n) is 18.7. The van der Waals surface area contributed by atoms with Crippen LogP contribution in [0, 0.1) is 0 Å². The van der Waals surface area contributed by atoms with Crippen LogP contribution in [0.5, 0.6) is 11.5 Å². The van der Waals surface area contributed by atoms with Gasteiger partial charge in [0.25, 0.3) is 5.56 Å². The fourth-order valence-electron chi connectivity index (χ4n) is 3.82. The number of phenolic OH excluding ortho intramolecular Hbond substituents is 1. The Morgan fingerprint density at radius 2 is 1.97 bits per heavy atom. The number of hydrogen-bond acceptors (Lipinski definition) is 7. The number of rotatable bonds is 5. The first kappa shape index (κ1) is 22.5. The van der Waals surface area contributed by atoms with Crippen molar-refractivity contribution in [3.63, 3.8) is 0 Å². The van der Waals surface area contributed by atoms with E-state index in [2.05, 4.69) is 4.99 Å². The van der Waals surface area contributed by atoms with Crippen molar-refractivity contribution in [1.82, 2.24) is 4.57 Å². The number of hydrogen-bond donors (Lipinski definition) is 1. The first-order chi connectivity index (χ1) is 15.8. The van der Waals surface area contributed by atoms with Crippen LogP contribution in [0.2, 0.25) is 0 Å². The highest BCUT2D eigenvalue weighted by Gasteiger charge is 2.34. The second kappa shape index (κ2) is 9.07. The van der Waals surface area contributed by atoms with Crippen molar-refractivity contribution in [2.24, 2.45) is 4.99 Å². The lowest BCUT2D eigenvalue weighted by molar-refractivity contribution is -0.136. The zero-order chi connectivity index (χ0) is 23.7. The summed E-state index contributed by atoms with van der Waals surface area (Å²) in [6.45, 7) is 5.57. The van der Waals surface area contributed by atoms with Crippen molar-refractivity contribution in [3.05, 3.63) is 90.6 Å². The Morgan fingerprint density at radius 1 is 1.21 bits per heavy atom. The van der Waals surface area contributed by atoms with Crippen molar-refractivity contribution in [3.8, 4) is 11.5 Å². The molecule has 170 valence electrons. The maximum atomic E-state index is 13.6. The minimum Gasteiger partial charge on any atom is -0.508 e. The van der Waals surface area contributed by atoms with Crippen LogP contribution in [0.25, 0.3) is 6.08 Å². The average molecular weight is 465 g/mol. The van der Waals surface area contributed by atoms with Crippen LogP contribution < -0.4 is 19.6 Å². The molecule has 2 aromatic carbocycles. The molecule has 4 rings (SSSR count). The van der Waals surface area contributed by atoms with Gasteiger partial charge < -0.3 is 14.6 Å². The Bertz CT molecular complexity index is 1430. The normalized spacial score (nSPS) is 15.9. The second-order valence-electron chi connectivity index (χ2n) is 7.87. The Labute approximate surface area is 194 Å². The minimum absolute atomic E-state index is 0.0978. The average Bonchev–Trinajstić information content (AvgIpc) is 3.07. The number of thiazole rings is 1. The quantitative estimate of drug-likeness (QED) is 0.587. The first-order valence-corrected chi connectivity index (χ1v) is 11.3. The summed E-state index contributed by atoms with van der Waals surface area (Å²) in [6.07, 6.45) is 1.60. The Balaban J connectivity index is 2.00. The number of para-hydroxylation sites is 1. The number of aromatic hydroxyl groups is 1. The van der Waals surface area contributed by atoms with Gasteiger partial charge in [-0.25, -0.2) is 9.79 Å². The van der Waals surface area contributed by atoms with Gasteiger partial charge in [0.1, 0.15) is 17.5 Å². The third kappa shape index (κ3) is 4.34. The molecule has 1 aromatic heterocycles. The van der Waals surface area contributed by atoms with E-state index < -0.39 is 12.0 Å². The molecule has 0 spiro atoms. The molecule has 7 nitrogen and oxygen atoms in total. The summed E-state index contributed by atoms with van der Waals surface area (Å²) in [4.78, 5) is 31.4. The molecule has 1 aliphatic heterocycles. The van der Waals surface area contributed by atoms with Crippen LogP contribution in [-0.4, -0.2) is 28.9 Å². The lowest BCUT2D eigenvalue weighted by Gasteiger charge is -2.26. The van der Waals surface area contributed by atoms with Gasteiger partial charge in [0.2, 0.25) is 0 Å². The topological polar surface area (TPSA) is 90.1 Å². The SMILES string of the molecule is COC(=O)C1=C(C)N=c2sc(=Cc3cccc(O)c3)c(=O)n2C1c1ccccc1OC(C)C. The molecular formula is C25H24N2O5S. The van der Waals surface area contributed by atoms with Gasteiger partial charge in [0, 0.05) is 5.56 Å². The number of aromatic nitrogens is 1. The third-order valence-electron chi connectivity index (χ3n) is 5.17. The first-order valence-electron chi connectivity index (χ1n) is 10.5. The summed E-state index contributed by atoms with van der Waals surface area (Å²) in [6, 6.07) is 13.3. The van der Waals surface area contributed by atoms with E-state index in [4.69, 9.17) is 9.47 Å². The summed E-state index contributed by atoms with van der Waals surface area (Å²) in [5, 5.41) is 9.78. The van der Waals surface area contributed by atoms with Crippen LogP contribution in [0.1, 0.15) is 37.9 Å². The zero-order valence-corrected chi connectivity index (χ0v) is 19.6. The standard InChI is InChI=1S/C25H24N2O5S/c1-14(2)32-19-11-6-5-10-18(19)22-21(24(30)31-4)15(3)26-25-27(22)23(29)20(33-25)13-16-8-7-9-17(28)12-16/h5-14,22,28H,1-4H3. The number of ether oxygens (including phenoxy) is 2.